The maximum Gasteiger partial charge on any atom is 0.437 e. The first-order valence-corrected chi connectivity index (χ1v) is 6.32. The minimum absolute atomic E-state index is 0.614. The van der Waals surface area contributed by atoms with E-state index in [0.717, 1.165) is 16.1 Å². The van der Waals surface area contributed by atoms with Gasteiger partial charge in [0.15, 0.2) is 0 Å². The number of para-hydroxylation sites is 1. The Labute approximate surface area is 121 Å². The predicted molar refractivity (Wildman–Crippen MR) is 77.5 cm³/mol. The fraction of sp³-hybridized carbons (Fsp3) is 0. The summed E-state index contributed by atoms with van der Waals surface area (Å²) in [7, 11) is 0. The molecule has 6 heteroatoms. The molecule has 0 bridgehead atoms. The van der Waals surface area contributed by atoms with Crippen molar-refractivity contribution < 1.29 is 9.63 Å². The lowest BCUT2D eigenvalue weighted by Crippen LogP contribution is -2.25. The molecule has 3 aromatic rings. The van der Waals surface area contributed by atoms with E-state index in [4.69, 9.17) is 4.84 Å². The van der Waals surface area contributed by atoms with Crippen LogP contribution >= 0.6 is 0 Å². The van der Waals surface area contributed by atoms with Crippen LogP contribution in [0.15, 0.2) is 67.1 Å². The molecule has 104 valence electrons. The lowest BCUT2D eigenvalue weighted by atomic mass is 10.2. The van der Waals surface area contributed by atoms with Crippen LogP contribution in [0.4, 0.5) is 10.5 Å². The summed E-state index contributed by atoms with van der Waals surface area (Å²) >= 11 is 0. The monoisotopic (exact) mass is 280 g/mol. The number of nitrogens with zero attached hydrogens (tertiary/aromatic N) is 3. The molecule has 0 atom stereocenters. The van der Waals surface area contributed by atoms with Crippen molar-refractivity contribution in [3.63, 3.8) is 0 Å². The molecule has 0 spiro atoms. The lowest BCUT2D eigenvalue weighted by Gasteiger charge is -2.04. The lowest BCUT2D eigenvalue weighted by molar-refractivity contribution is 0.130. The van der Waals surface area contributed by atoms with Crippen molar-refractivity contribution in [1.82, 2.24) is 14.9 Å². The number of anilines is 1. The second-order valence-electron chi connectivity index (χ2n) is 4.22. The Morgan fingerprint density at radius 1 is 1.10 bits per heavy atom. The van der Waals surface area contributed by atoms with Crippen molar-refractivity contribution in [3.05, 3.63) is 67.1 Å². The highest BCUT2D eigenvalue weighted by molar-refractivity contribution is 5.84. The fourth-order valence-electron chi connectivity index (χ4n) is 1.77. The number of hydrogen-bond donors (Lipinski definition) is 1. The van der Waals surface area contributed by atoms with Crippen LogP contribution in [0.3, 0.4) is 0 Å². The molecule has 6 nitrogen and oxygen atoms in total. The highest BCUT2D eigenvalue weighted by atomic mass is 16.7. The quantitative estimate of drug-likeness (QED) is 0.800. The van der Waals surface area contributed by atoms with E-state index in [1.54, 1.807) is 30.7 Å². The summed E-state index contributed by atoms with van der Waals surface area (Å²) in [5.74, 6) is 0. The van der Waals surface area contributed by atoms with E-state index >= 15 is 0 Å². The third-order valence-electron chi connectivity index (χ3n) is 2.72. The molecule has 1 aromatic carbocycles. The average Bonchev–Trinajstić information content (AvgIpc) is 2.97. The predicted octanol–water partition coefficient (Wildman–Crippen LogP) is 2.61. The summed E-state index contributed by atoms with van der Waals surface area (Å²) in [5.41, 5.74) is 2.18. The van der Waals surface area contributed by atoms with E-state index in [2.05, 4.69) is 15.4 Å². The molecule has 0 aliphatic carbocycles. The Bertz CT molecular complexity index is 726. The van der Waals surface area contributed by atoms with Gasteiger partial charge in [-0.2, -0.15) is 0 Å². The molecular formula is C15H12N4O2. The van der Waals surface area contributed by atoms with Gasteiger partial charge >= 0.3 is 6.09 Å². The molecule has 0 saturated carbocycles. The van der Waals surface area contributed by atoms with Gasteiger partial charge in [-0.15, -0.1) is 5.10 Å². The zero-order valence-corrected chi connectivity index (χ0v) is 11.0. The summed E-state index contributed by atoms with van der Waals surface area (Å²) < 4.78 is 0. The summed E-state index contributed by atoms with van der Waals surface area (Å²) in [5, 5.41) is 6.57. The SMILES string of the molecule is O=C(Nc1ccccc1)On1cc(-c2ccccn2)cn1. The molecule has 0 aliphatic rings. The van der Waals surface area contributed by atoms with E-state index in [9.17, 15) is 4.79 Å². The Balaban J connectivity index is 1.66. The van der Waals surface area contributed by atoms with Crippen LogP contribution in [0.2, 0.25) is 0 Å². The Morgan fingerprint density at radius 2 is 1.90 bits per heavy atom. The standard InChI is InChI=1S/C15H12N4O2/c20-15(18-13-6-2-1-3-7-13)21-19-11-12(10-17-19)14-8-4-5-9-16-14/h1-11H,(H,18,20). The highest BCUT2D eigenvalue weighted by Crippen LogP contribution is 2.14. The summed E-state index contributed by atoms with van der Waals surface area (Å²) in [6.45, 7) is 0. The van der Waals surface area contributed by atoms with Gasteiger partial charge in [-0.05, 0) is 24.3 Å². The Morgan fingerprint density at radius 3 is 2.67 bits per heavy atom. The molecule has 2 heterocycles. The van der Waals surface area contributed by atoms with Crippen molar-refractivity contribution >= 4 is 11.8 Å². The normalized spacial score (nSPS) is 10.1. The van der Waals surface area contributed by atoms with Gasteiger partial charge in [0.1, 0.15) is 0 Å². The van der Waals surface area contributed by atoms with E-state index in [0.29, 0.717) is 5.69 Å². The fourth-order valence-corrected chi connectivity index (χ4v) is 1.77. The van der Waals surface area contributed by atoms with Crippen LogP contribution < -0.4 is 10.2 Å². The van der Waals surface area contributed by atoms with E-state index in [1.165, 1.54) is 0 Å². The summed E-state index contributed by atoms with van der Waals surface area (Å²) in [6, 6.07) is 14.6. The van der Waals surface area contributed by atoms with E-state index < -0.39 is 6.09 Å². The Kier molecular flexibility index (Phi) is 3.60. The second-order valence-corrected chi connectivity index (χ2v) is 4.22. The van der Waals surface area contributed by atoms with Crippen molar-refractivity contribution in [1.29, 1.82) is 0 Å². The molecule has 0 fully saturated rings. The molecule has 0 unspecified atom stereocenters. The van der Waals surface area contributed by atoms with E-state index in [-0.39, 0.29) is 0 Å². The minimum atomic E-state index is -0.614. The molecule has 1 amide bonds. The summed E-state index contributed by atoms with van der Waals surface area (Å²) in [6.07, 6.45) is 4.25. The van der Waals surface area contributed by atoms with Crippen LogP contribution in [0.1, 0.15) is 0 Å². The molecule has 2 aromatic heterocycles. The van der Waals surface area contributed by atoms with Gasteiger partial charge in [0.05, 0.1) is 18.1 Å². The van der Waals surface area contributed by atoms with Gasteiger partial charge in [0.2, 0.25) is 0 Å². The number of aromatic nitrogens is 3. The minimum Gasteiger partial charge on any atom is -0.299 e. The molecule has 0 saturated heterocycles. The van der Waals surface area contributed by atoms with Crippen LogP contribution in [-0.4, -0.2) is 21.0 Å². The smallest absolute Gasteiger partial charge is 0.299 e. The molecule has 0 aliphatic heterocycles. The van der Waals surface area contributed by atoms with Gasteiger partial charge in [0, 0.05) is 17.4 Å². The number of pyridine rings is 1. The molecule has 21 heavy (non-hydrogen) atoms. The maximum atomic E-state index is 11.7. The van der Waals surface area contributed by atoms with E-state index in [1.807, 2.05) is 36.4 Å². The molecule has 1 N–H and O–H groups in total. The molecule has 3 rings (SSSR count). The molecular weight excluding hydrogens is 268 g/mol. The largest absolute Gasteiger partial charge is 0.437 e. The number of rotatable bonds is 3. The zero-order valence-electron chi connectivity index (χ0n) is 11.0. The summed E-state index contributed by atoms with van der Waals surface area (Å²) in [4.78, 5) is 22.1. The van der Waals surface area contributed by atoms with Gasteiger partial charge in [-0.1, -0.05) is 29.1 Å². The number of carbonyl (C=O) groups excluding carboxylic acids is 1. The van der Waals surface area contributed by atoms with Crippen molar-refractivity contribution in [2.24, 2.45) is 0 Å². The third kappa shape index (κ3) is 3.24. The number of benzene rings is 1. The van der Waals surface area contributed by atoms with Crippen LogP contribution in [0.5, 0.6) is 0 Å². The zero-order chi connectivity index (χ0) is 14.5. The van der Waals surface area contributed by atoms with Gasteiger partial charge in [-0.25, -0.2) is 4.79 Å². The Hall–Kier alpha value is -3.15. The average molecular weight is 280 g/mol. The van der Waals surface area contributed by atoms with Crippen molar-refractivity contribution in [2.75, 3.05) is 5.32 Å². The first-order valence-electron chi connectivity index (χ1n) is 6.32. The number of nitrogens with one attached hydrogen (secondary N) is 1. The second kappa shape index (κ2) is 5.87. The van der Waals surface area contributed by atoms with Crippen LogP contribution in [0, 0.1) is 0 Å². The van der Waals surface area contributed by atoms with Gasteiger partial charge < -0.3 is 0 Å². The first-order chi connectivity index (χ1) is 10.3. The maximum absolute atomic E-state index is 11.7. The van der Waals surface area contributed by atoms with Crippen molar-refractivity contribution in [2.45, 2.75) is 0 Å². The van der Waals surface area contributed by atoms with Crippen LogP contribution in [-0.2, 0) is 0 Å². The van der Waals surface area contributed by atoms with Gasteiger partial charge in [0.25, 0.3) is 0 Å². The topological polar surface area (TPSA) is 69.0 Å². The highest BCUT2D eigenvalue weighted by Gasteiger charge is 2.07. The number of hydrogen-bond acceptors (Lipinski definition) is 4. The molecule has 0 radical (unpaired) electrons. The number of carbonyl (C=O) groups is 1. The third-order valence-corrected chi connectivity index (χ3v) is 2.72. The van der Waals surface area contributed by atoms with Gasteiger partial charge in [-0.3, -0.25) is 15.1 Å². The van der Waals surface area contributed by atoms with Crippen molar-refractivity contribution in [3.8, 4) is 11.3 Å². The van der Waals surface area contributed by atoms with Crippen LogP contribution in [0.25, 0.3) is 11.3 Å². The first kappa shape index (κ1) is 12.9. The number of amides is 1.